The molecule has 1 heterocycles. The Morgan fingerprint density at radius 3 is 2.50 bits per heavy atom. The lowest BCUT2D eigenvalue weighted by Crippen LogP contribution is -1.91. The molecule has 1 N–H and O–H groups in total. The van der Waals surface area contributed by atoms with Gasteiger partial charge in [-0.2, -0.15) is 0 Å². The van der Waals surface area contributed by atoms with Gasteiger partial charge in [0, 0.05) is 10.8 Å². The van der Waals surface area contributed by atoms with E-state index in [0.717, 1.165) is 10.8 Å². The Morgan fingerprint density at radius 1 is 1.17 bits per heavy atom. The van der Waals surface area contributed by atoms with Crippen LogP contribution in [0.1, 0.15) is 21.9 Å². The molecular weight excluding hydrogens is 272 g/mol. The van der Waals surface area contributed by atoms with E-state index in [0.29, 0.717) is 11.5 Å². The molecule has 0 radical (unpaired) electrons. The van der Waals surface area contributed by atoms with Gasteiger partial charge in [0.05, 0.1) is 5.75 Å². The molecule has 0 spiro atoms. The van der Waals surface area contributed by atoms with Crippen molar-refractivity contribution in [2.45, 2.75) is 11.5 Å². The maximum absolute atomic E-state index is 10.6. The molecule has 0 atom stereocenters. The van der Waals surface area contributed by atoms with E-state index in [4.69, 9.17) is 21.1 Å². The summed E-state index contributed by atoms with van der Waals surface area (Å²) in [6.45, 7) is 0. The van der Waals surface area contributed by atoms with Gasteiger partial charge in [0.15, 0.2) is 0 Å². The second kappa shape index (κ2) is 5.98. The summed E-state index contributed by atoms with van der Waals surface area (Å²) in [6.07, 6.45) is 0. The quantitative estimate of drug-likeness (QED) is 0.898. The van der Waals surface area contributed by atoms with Gasteiger partial charge in [0.2, 0.25) is 5.76 Å². The molecule has 0 aliphatic heterocycles. The Labute approximate surface area is 114 Å². The highest BCUT2D eigenvalue weighted by Crippen LogP contribution is 2.20. The predicted octanol–water partition coefficient (Wildman–Crippen LogP) is 4.06. The van der Waals surface area contributed by atoms with Crippen LogP contribution in [0.2, 0.25) is 5.02 Å². The van der Waals surface area contributed by atoms with Crippen molar-refractivity contribution in [3.8, 4) is 0 Å². The number of hydrogen-bond acceptors (Lipinski definition) is 3. The maximum atomic E-state index is 10.6. The zero-order chi connectivity index (χ0) is 13.0. The molecule has 0 saturated heterocycles. The van der Waals surface area contributed by atoms with Crippen molar-refractivity contribution in [1.29, 1.82) is 0 Å². The summed E-state index contributed by atoms with van der Waals surface area (Å²) in [5.74, 6) is 1.10. The van der Waals surface area contributed by atoms with Crippen LogP contribution >= 0.6 is 23.4 Å². The minimum absolute atomic E-state index is 0.0166. The van der Waals surface area contributed by atoms with Crippen molar-refractivity contribution in [3.05, 3.63) is 58.5 Å². The van der Waals surface area contributed by atoms with Crippen molar-refractivity contribution >= 4 is 29.3 Å². The maximum Gasteiger partial charge on any atom is 0.371 e. The molecule has 2 rings (SSSR count). The number of thioether (sulfide) groups is 1. The van der Waals surface area contributed by atoms with Crippen LogP contribution in [0, 0.1) is 0 Å². The molecule has 0 fully saturated rings. The van der Waals surface area contributed by atoms with Crippen LogP contribution in [0.3, 0.4) is 0 Å². The molecule has 18 heavy (non-hydrogen) atoms. The predicted molar refractivity (Wildman–Crippen MR) is 72.1 cm³/mol. The highest BCUT2D eigenvalue weighted by molar-refractivity contribution is 7.97. The second-order valence-electron chi connectivity index (χ2n) is 3.69. The Balaban J connectivity index is 1.84. The van der Waals surface area contributed by atoms with Gasteiger partial charge in [-0.05, 0) is 29.8 Å². The zero-order valence-electron chi connectivity index (χ0n) is 9.43. The van der Waals surface area contributed by atoms with E-state index >= 15 is 0 Å². The average Bonchev–Trinajstić information content (AvgIpc) is 2.81. The van der Waals surface area contributed by atoms with Crippen LogP contribution in [-0.4, -0.2) is 11.1 Å². The molecule has 0 saturated carbocycles. The molecular formula is C13H11ClO3S. The Morgan fingerprint density at radius 2 is 1.89 bits per heavy atom. The van der Waals surface area contributed by atoms with E-state index in [-0.39, 0.29) is 5.76 Å². The van der Waals surface area contributed by atoms with Gasteiger partial charge in [-0.1, -0.05) is 23.7 Å². The summed E-state index contributed by atoms with van der Waals surface area (Å²) in [5.41, 5.74) is 1.18. The van der Waals surface area contributed by atoms with Crippen LogP contribution in [0.25, 0.3) is 0 Å². The number of carbonyl (C=O) groups is 1. The first kappa shape index (κ1) is 13.1. The standard InChI is InChI=1S/C13H11ClO3S/c14-10-3-1-9(2-4-10)7-18-8-11-5-6-12(17-11)13(15)16/h1-6H,7-8H2,(H,15,16). The van der Waals surface area contributed by atoms with E-state index in [2.05, 4.69) is 0 Å². The van der Waals surface area contributed by atoms with Crippen LogP contribution in [0.4, 0.5) is 0 Å². The first-order chi connectivity index (χ1) is 8.65. The van der Waals surface area contributed by atoms with Crippen molar-refractivity contribution < 1.29 is 14.3 Å². The molecule has 2 aromatic rings. The number of hydrogen-bond donors (Lipinski definition) is 1. The Bertz CT molecular complexity index is 533. The Hall–Kier alpha value is -1.39. The molecule has 0 aliphatic carbocycles. The van der Waals surface area contributed by atoms with Gasteiger partial charge in [-0.15, -0.1) is 11.8 Å². The topological polar surface area (TPSA) is 50.4 Å². The summed E-state index contributed by atoms with van der Waals surface area (Å²) < 4.78 is 5.16. The molecule has 0 unspecified atom stereocenters. The summed E-state index contributed by atoms with van der Waals surface area (Å²) in [7, 11) is 0. The second-order valence-corrected chi connectivity index (χ2v) is 5.11. The number of halogens is 1. The van der Waals surface area contributed by atoms with Gasteiger partial charge in [0.25, 0.3) is 0 Å². The number of benzene rings is 1. The van der Waals surface area contributed by atoms with E-state index in [9.17, 15) is 4.79 Å². The molecule has 1 aromatic heterocycles. The monoisotopic (exact) mass is 282 g/mol. The summed E-state index contributed by atoms with van der Waals surface area (Å²) in [6, 6.07) is 10.8. The molecule has 0 bridgehead atoms. The fourth-order valence-electron chi connectivity index (χ4n) is 1.42. The third-order valence-electron chi connectivity index (χ3n) is 2.30. The van der Waals surface area contributed by atoms with Gasteiger partial charge in [-0.3, -0.25) is 0 Å². The first-order valence-electron chi connectivity index (χ1n) is 5.29. The zero-order valence-corrected chi connectivity index (χ0v) is 11.0. The molecule has 3 nitrogen and oxygen atoms in total. The largest absolute Gasteiger partial charge is 0.475 e. The number of carboxylic acids is 1. The average molecular weight is 283 g/mol. The van der Waals surface area contributed by atoms with E-state index in [1.165, 1.54) is 11.6 Å². The van der Waals surface area contributed by atoms with Crippen LogP contribution < -0.4 is 0 Å². The minimum Gasteiger partial charge on any atom is -0.475 e. The first-order valence-corrected chi connectivity index (χ1v) is 6.82. The molecule has 1 aromatic carbocycles. The molecule has 0 amide bonds. The lowest BCUT2D eigenvalue weighted by Gasteiger charge is -2.00. The molecule has 94 valence electrons. The van der Waals surface area contributed by atoms with Crippen LogP contribution in [0.15, 0.2) is 40.8 Å². The highest BCUT2D eigenvalue weighted by atomic mass is 35.5. The number of furan rings is 1. The SMILES string of the molecule is O=C(O)c1ccc(CSCc2ccc(Cl)cc2)o1. The van der Waals surface area contributed by atoms with E-state index in [1.54, 1.807) is 17.8 Å². The molecule has 5 heteroatoms. The normalized spacial score (nSPS) is 10.5. The lowest BCUT2D eigenvalue weighted by atomic mass is 10.2. The van der Waals surface area contributed by atoms with Crippen molar-refractivity contribution in [2.24, 2.45) is 0 Å². The van der Waals surface area contributed by atoms with Gasteiger partial charge in [0.1, 0.15) is 5.76 Å². The van der Waals surface area contributed by atoms with Gasteiger partial charge in [-0.25, -0.2) is 4.79 Å². The van der Waals surface area contributed by atoms with Crippen molar-refractivity contribution in [3.63, 3.8) is 0 Å². The van der Waals surface area contributed by atoms with Crippen molar-refractivity contribution in [1.82, 2.24) is 0 Å². The van der Waals surface area contributed by atoms with E-state index < -0.39 is 5.97 Å². The Kier molecular flexibility index (Phi) is 4.33. The number of rotatable bonds is 5. The fraction of sp³-hybridized carbons (Fsp3) is 0.154. The summed E-state index contributed by atoms with van der Waals surface area (Å²) in [5, 5.41) is 9.44. The number of carboxylic acid groups (broad SMARTS) is 1. The van der Waals surface area contributed by atoms with Gasteiger partial charge >= 0.3 is 5.97 Å². The van der Waals surface area contributed by atoms with E-state index in [1.807, 2.05) is 24.3 Å². The molecule has 0 aliphatic rings. The highest BCUT2D eigenvalue weighted by Gasteiger charge is 2.08. The smallest absolute Gasteiger partial charge is 0.371 e. The van der Waals surface area contributed by atoms with Crippen molar-refractivity contribution in [2.75, 3.05) is 0 Å². The summed E-state index contributed by atoms with van der Waals surface area (Å²) >= 11 is 7.46. The lowest BCUT2D eigenvalue weighted by molar-refractivity contribution is 0.0661. The van der Waals surface area contributed by atoms with Crippen LogP contribution in [-0.2, 0) is 11.5 Å². The third kappa shape index (κ3) is 3.55. The fourth-order valence-corrected chi connectivity index (χ4v) is 2.43. The third-order valence-corrected chi connectivity index (χ3v) is 3.58. The minimum atomic E-state index is -1.04. The summed E-state index contributed by atoms with van der Waals surface area (Å²) in [4.78, 5) is 10.6. The van der Waals surface area contributed by atoms with Crippen LogP contribution in [0.5, 0.6) is 0 Å². The van der Waals surface area contributed by atoms with Gasteiger partial charge < -0.3 is 9.52 Å². The number of aromatic carboxylic acids is 1.